The molecule has 0 saturated heterocycles. The standard InChI is InChI=1S/C11H15N5O3/c1-2-3-8(12)11(18)19-6-16-9-7(4-15-16)10(17)14-5-13-9/h4-5,8H,2-3,6,12H2,1H3,(H,13,14,17). The van der Waals surface area contributed by atoms with E-state index in [0.717, 1.165) is 6.42 Å². The molecule has 2 heterocycles. The summed E-state index contributed by atoms with van der Waals surface area (Å²) < 4.78 is 6.37. The van der Waals surface area contributed by atoms with Crippen LogP contribution in [0.3, 0.4) is 0 Å². The van der Waals surface area contributed by atoms with Gasteiger partial charge in [0.1, 0.15) is 11.4 Å². The van der Waals surface area contributed by atoms with Gasteiger partial charge in [-0.1, -0.05) is 13.3 Å². The summed E-state index contributed by atoms with van der Waals surface area (Å²) in [5.41, 5.74) is 5.70. The molecule has 0 spiro atoms. The lowest BCUT2D eigenvalue weighted by Gasteiger charge is -2.10. The zero-order valence-electron chi connectivity index (χ0n) is 10.5. The molecule has 0 aliphatic heterocycles. The number of aromatic nitrogens is 4. The Balaban J connectivity index is 2.08. The third-order valence-corrected chi connectivity index (χ3v) is 2.67. The van der Waals surface area contributed by atoms with Gasteiger partial charge in [0.25, 0.3) is 5.56 Å². The summed E-state index contributed by atoms with van der Waals surface area (Å²) in [4.78, 5) is 29.4. The van der Waals surface area contributed by atoms with Crippen LogP contribution in [-0.2, 0) is 16.3 Å². The zero-order chi connectivity index (χ0) is 13.8. The lowest BCUT2D eigenvalue weighted by atomic mass is 10.2. The van der Waals surface area contributed by atoms with Gasteiger partial charge in [0, 0.05) is 0 Å². The fourth-order valence-corrected chi connectivity index (χ4v) is 1.66. The van der Waals surface area contributed by atoms with Crippen LogP contribution >= 0.6 is 0 Å². The minimum Gasteiger partial charge on any atom is -0.441 e. The number of aromatic amines is 1. The van der Waals surface area contributed by atoms with Gasteiger partial charge in [-0.15, -0.1) is 0 Å². The van der Waals surface area contributed by atoms with E-state index in [0.29, 0.717) is 17.5 Å². The molecule has 0 radical (unpaired) electrons. The van der Waals surface area contributed by atoms with Crippen LogP contribution in [0.25, 0.3) is 11.0 Å². The van der Waals surface area contributed by atoms with Crippen LogP contribution in [0, 0.1) is 0 Å². The molecule has 0 aliphatic rings. The van der Waals surface area contributed by atoms with E-state index >= 15 is 0 Å². The molecule has 0 fully saturated rings. The molecule has 19 heavy (non-hydrogen) atoms. The van der Waals surface area contributed by atoms with Crippen molar-refractivity contribution in [3.63, 3.8) is 0 Å². The number of nitrogens with two attached hydrogens (primary N) is 1. The summed E-state index contributed by atoms with van der Waals surface area (Å²) in [5.74, 6) is -0.490. The molecular weight excluding hydrogens is 250 g/mol. The van der Waals surface area contributed by atoms with Gasteiger partial charge < -0.3 is 15.5 Å². The number of hydrogen-bond acceptors (Lipinski definition) is 6. The van der Waals surface area contributed by atoms with Gasteiger partial charge >= 0.3 is 5.97 Å². The Morgan fingerprint density at radius 2 is 2.42 bits per heavy atom. The van der Waals surface area contributed by atoms with E-state index in [1.54, 1.807) is 0 Å². The van der Waals surface area contributed by atoms with Crippen molar-refractivity contribution in [2.24, 2.45) is 5.73 Å². The summed E-state index contributed by atoms with van der Waals surface area (Å²) >= 11 is 0. The SMILES string of the molecule is CCCC(N)C(=O)OCn1ncc2c(=O)[nH]cnc21. The molecule has 0 aliphatic carbocycles. The number of H-pyrrole nitrogens is 1. The molecule has 8 heteroatoms. The number of esters is 1. The second kappa shape index (κ2) is 5.61. The highest BCUT2D eigenvalue weighted by Gasteiger charge is 2.15. The second-order valence-electron chi connectivity index (χ2n) is 4.10. The van der Waals surface area contributed by atoms with Gasteiger partial charge in [-0.2, -0.15) is 5.10 Å². The highest BCUT2D eigenvalue weighted by molar-refractivity contribution is 5.75. The Morgan fingerprint density at radius 1 is 1.63 bits per heavy atom. The van der Waals surface area contributed by atoms with Crippen LogP contribution < -0.4 is 11.3 Å². The summed E-state index contributed by atoms with van der Waals surface area (Å²) in [6.45, 7) is 1.82. The third kappa shape index (κ3) is 2.79. The minimum absolute atomic E-state index is 0.115. The lowest BCUT2D eigenvalue weighted by molar-refractivity contribution is -0.149. The van der Waals surface area contributed by atoms with E-state index in [1.807, 2.05) is 6.92 Å². The first kappa shape index (κ1) is 13.2. The Hall–Kier alpha value is -2.22. The van der Waals surface area contributed by atoms with Gasteiger partial charge in [0.05, 0.1) is 12.5 Å². The quantitative estimate of drug-likeness (QED) is 0.720. The van der Waals surface area contributed by atoms with Crippen molar-refractivity contribution in [1.29, 1.82) is 0 Å². The summed E-state index contributed by atoms with van der Waals surface area (Å²) in [6, 6.07) is -0.636. The molecule has 0 aromatic carbocycles. The molecule has 1 unspecified atom stereocenters. The molecule has 2 aromatic heterocycles. The first-order valence-electron chi connectivity index (χ1n) is 5.95. The van der Waals surface area contributed by atoms with Crippen molar-refractivity contribution >= 4 is 17.0 Å². The van der Waals surface area contributed by atoms with Crippen molar-refractivity contribution in [2.45, 2.75) is 32.5 Å². The Kier molecular flexibility index (Phi) is 3.91. The van der Waals surface area contributed by atoms with Crippen LogP contribution in [-0.4, -0.2) is 31.8 Å². The van der Waals surface area contributed by atoms with Crippen LogP contribution in [0.2, 0.25) is 0 Å². The van der Waals surface area contributed by atoms with Gasteiger partial charge in [-0.05, 0) is 6.42 Å². The fourth-order valence-electron chi connectivity index (χ4n) is 1.66. The monoisotopic (exact) mass is 265 g/mol. The van der Waals surface area contributed by atoms with E-state index in [2.05, 4.69) is 15.1 Å². The minimum atomic E-state index is -0.636. The summed E-state index contributed by atoms with van der Waals surface area (Å²) in [7, 11) is 0. The maximum absolute atomic E-state index is 11.6. The van der Waals surface area contributed by atoms with Crippen molar-refractivity contribution in [1.82, 2.24) is 19.7 Å². The summed E-state index contributed by atoms with van der Waals surface area (Å²) in [5, 5.41) is 4.29. The molecule has 0 amide bonds. The smallest absolute Gasteiger partial charge is 0.324 e. The third-order valence-electron chi connectivity index (χ3n) is 2.67. The number of fused-ring (bicyclic) bond motifs is 1. The summed E-state index contributed by atoms with van der Waals surface area (Å²) in [6.07, 6.45) is 4.02. The highest BCUT2D eigenvalue weighted by atomic mass is 16.5. The van der Waals surface area contributed by atoms with E-state index in [1.165, 1.54) is 17.2 Å². The van der Waals surface area contributed by atoms with E-state index < -0.39 is 12.0 Å². The van der Waals surface area contributed by atoms with Crippen LogP contribution in [0.5, 0.6) is 0 Å². The average Bonchev–Trinajstić information content (AvgIpc) is 2.81. The Bertz CT molecular complexity index is 633. The van der Waals surface area contributed by atoms with Crippen molar-refractivity contribution in [2.75, 3.05) is 0 Å². The van der Waals surface area contributed by atoms with Crippen LogP contribution in [0.15, 0.2) is 17.3 Å². The van der Waals surface area contributed by atoms with Gasteiger partial charge in [0.2, 0.25) is 0 Å². The van der Waals surface area contributed by atoms with Gasteiger partial charge in [-0.3, -0.25) is 9.59 Å². The molecule has 3 N–H and O–H groups in total. The molecule has 8 nitrogen and oxygen atoms in total. The molecular formula is C11H15N5O3. The first-order chi connectivity index (χ1) is 9.13. The molecule has 0 saturated carbocycles. The molecule has 2 aromatic rings. The molecule has 102 valence electrons. The molecule has 2 rings (SSSR count). The predicted molar refractivity (Wildman–Crippen MR) is 67.1 cm³/mol. The normalized spacial score (nSPS) is 12.5. The van der Waals surface area contributed by atoms with Crippen molar-refractivity contribution in [3.05, 3.63) is 22.9 Å². The zero-order valence-corrected chi connectivity index (χ0v) is 10.5. The molecule has 0 bridgehead atoms. The molecule has 1 atom stereocenters. The number of ether oxygens (including phenoxy) is 1. The van der Waals surface area contributed by atoms with E-state index in [-0.39, 0.29) is 12.3 Å². The number of nitrogens with one attached hydrogen (secondary N) is 1. The van der Waals surface area contributed by atoms with E-state index in [9.17, 15) is 9.59 Å². The highest BCUT2D eigenvalue weighted by Crippen LogP contribution is 2.05. The van der Waals surface area contributed by atoms with Gasteiger partial charge in [0.15, 0.2) is 12.4 Å². The van der Waals surface area contributed by atoms with Crippen LogP contribution in [0.1, 0.15) is 19.8 Å². The number of carbonyl (C=O) groups is 1. The topological polar surface area (TPSA) is 116 Å². The van der Waals surface area contributed by atoms with Crippen molar-refractivity contribution < 1.29 is 9.53 Å². The lowest BCUT2D eigenvalue weighted by Crippen LogP contribution is -2.32. The largest absolute Gasteiger partial charge is 0.441 e. The Morgan fingerprint density at radius 3 is 3.16 bits per heavy atom. The number of rotatable bonds is 5. The number of hydrogen-bond donors (Lipinski definition) is 2. The number of nitrogens with zero attached hydrogens (tertiary/aromatic N) is 3. The number of carbonyl (C=O) groups excluding carboxylic acids is 1. The fraction of sp³-hybridized carbons (Fsp3) is 0.455. The first-order valence-corrected chi connectivity index (χ1v) is 5.95. The maximum Gasteiger partial charge on any atom is 0.324 e. The van der Waals surface area contributed by atoms with Gasteiger partial charge in [-0.25, -0.2) is 9.67 Å². The van der Waals surface area contributed by atoms with Crippen LogP contribution in [0.4, 0.5) is 0 Å². The van der Waals surface area contributed by atoms with Crippen molar-refractivity contribution in [3.8, 4) is 0 Å². The predicted octanol–water partition coefficient (Wildman–Crippen LogP) is -0.252. The average molecular weight is 265 g/mol. The second-order valence-corrected chi connectivity index (χ2v) is 4.10. The van der Waals surface area contributed by atoms with E-state index in [4.69, 9.17) is 10.5 Å². The Labute approximate surface area is 108 Å². The maximum atomic E-state index is 11.6.